The van der Waals surface area contributed by atoms with E-state index >= 15 is 0 Å². The average molecular weight is 579 g/mol. The number of sulfonamides is 1. The topological polar surface area (TPSA) is 139 Å². The standard InChI is InChI=1S/C21H26Cl2N6O5S2/c1-13(30)25-19-26-27-21(35-19)36(32,33)28-20(31)29(14-4-8-24-9-5-14)10-6-15(7-11-29)34-16-2-3-17(22)18(23)12-16/h2-3,12,14-15,24H,4-11H2,1H3,(H-,25,26,28,30,31)/p+1. The lowest BCUT2D eigenvalue weighted by atomic mass is 9.96. The maximum atomic E-state index is 13.6. The van der Waals surface area contributed by atoms with E-state index in [0.717, 1.165) is 25.9 Å². The molecule has 2 saturated heterocycles. The second-order valence-corrected chi connectivity index (χ2v) is 12.5. The highest BCUT2D eigenvalue weighted by Crippen LogP contribution is 2.33. The molecule has 0 saturated carbocycles. The summed E-state index contributed by atoms with van der Waals surface area (Å²) in [5.74, 6) is 0.190. The van der Waals surface area contributed by atoms with Crippen molar-refractivity contribution in [3.8, 4) is 5.75 Å². The van der Waals surface area contributed by atoms with Gasteiger partial charge in [0.15, 0.2) is 0 Å². The Morgan fingerprint density at radius 3 is 2.44 bits per heavy atom. The molecule has 3 N–H and O–H groups in total. The smallest absolute Gasteiger partial charge is 0.430 e. The minimum Gasteiger partial charge on any atom is -0.490 e. The quantitative estimate of drug-likeness (QED) is 0.351. The SMILES string of the molecule is CC(=O)Nc1nnc(S(=O)(=O)NC(=O)[N+]2(C3CCNCC3)CCC(Oc3ccc(Cl)c(Cl)c3)CC2)s1. The number of carbonyl (C=O) groups excluding carboxylic acids is 2. The number of halogens is 2. The fourth-order valence-electron chi connectivity index (χ4n) is 4.67. The number of aromatic nitrogens is 2. The Morgan fingerprint density at radius 2 is 1.81 bits per heavy atom. The second-order valence-electron chi connectivity index (χ2n) is 8.82. The lowest BCUT2D eigenvalue weighted by molar-refractivity contribution is -0.882. The number of rotatable bonds is 6. The van der Waals surface area contributed by atoms with Gasteiger partial charge in [-0.05, 0) is 12.1 Å². The lowest BCUT2D eigenvalue weighted by Gasteiger charge is -2.46. The molecule has 196 valence electrons. The number of nitrogens with zero attached hydrogens (tertiary/aromatic N) is 3. The number of urea groups is 1. The summed E-state index contributed by atoms with van der Waals surface area (Å²) < 4.78 is 33.9. The van der Waals surface area contributed by atoms with Gasteiger partial charge in [-0.3, -0.25) is 4.79 Å². The van der Waals surface area contributed by atoms with E-state index in [9.17, 15) is 18.0 Å². The van der Waals surface area contributed by atoms with Gasteiger partial charge in [0.05, 0.1) is 29.2 Å². The summed E-state index contributed by atoms with van der Waals surface area (Å²) >= 11 is 12.8. The van der Waals surface area contributed by atoms with Gasteiger partial charge in [-0.25, -0.2) is 9.28 Å². The third-order valence-electron chi connectivity index (χ3n) is 6.45. The van der Waals surface area contributed by atoms with E-state index in [1.807, 2.05) is 0 Å². The molecular weight excluding hydrogens is 551 g/mol. The Kier molecular flexibility index (Phi) is 8.37. The first-order chi connectivity index (χ1) is 17.1. The number of benzene rings is 1. The molecule has 0 radical (unpaired) electrons. The zero-order chi connectivity index (χ0) is 25.9. The number of hydrogen-bond acceptors (Lipinski definition) is 9. The molecule has 2 aliphatic heterocycles. The fraction of sp³-hybridized carbons (Fsp3) is 0.524. The van der Waals surface area contributed by atoms with Crippen molar-refractivity contribution in [2.24, 2.45) is 0 Å². The molecule has 2 fully saturated rings. The first kappa shape index (κ1) is 27.0. The van der Waals surface area contributed by atoms with Gasteiger partial charge in [0.1, 0.15) is 11.9 Å². The van der Waals surface area contributed by atoms with Crippen LogP contribution in [0, 0.1) is 0 Å². The number of piperidine rings is 2. The molecule has 0 aliphatic carbocycles. The maximum Gasteiger partial charge on any atom is 0.430 e. The number of quaternary nitrogens is 1. The number of likely N-dealkylation sites (tertiary alicyclic amines) is 1. The van der Waals surface area contributed by atoms with E-state index in [2.05, 4.69) is 25.6 Å². The van der Waals surface area contributed by atoms with Crippen molar-refractivity contribution in [2.75, 3.05) is 31.5 Å². The van der Waals surface area contributed by atoms with Crippen molar-refractivity contribution in [1.29, 1.82) is 0 Å². The number of ether oxygens (including phenoxy) is 1. The molecule has 2 aliphatic rings. The van der Waals surface area contributed by atoms with Crippen LogP contribution in [0.2, 0.25) is 10.0 Å². The van der Waals surface area contributed by atoms with Crippen molar-refractivity contribution >= 4 is 61.6 Å². The van der Waals surface area contributed by atoms with Crippen LogP contribution in [-0.4, -0.2) is 73.4 Å². The fourth-order valence-corrected chi connectivity index (χ4v) is 6.93. The lowest BCUT2D eigenvalue weighted by Crippen LogP contribution is -2.68. The van der Waals surface area contributed by atoms with Gasteiger partial charge in [-0.2, -0.15) is 13.1 Å². The van der Waals surface area contributed by atoms with Gasteiger partial charge < -0.3 is 15.4 Å². The minimum absolute atomic E-state index is 0.000495. The van der Waals surface area contributed by atoms with Crippen LogP contribution in [0.15, 0.2) is 22.5 Å². The summed E-state index contributed by atoms with van der Waals surface area (Å²) in [5, 5.41) is 13.9. The Bertz CT molecular complexity index is 1230. The molecule has 2 aromatic rings. The second kappa shape index (κ2) is 11.2. The molecule has 0 atom stereocenters. The van der Waals surface area contributed by atoms with Crippen molar-refractivity contribution in [2.45, 2.75) is 49.1 Å². The van der Waals surface area contributed by atoms with Gasteiger partial charge in [0.25, 0.3) is 14.4 Å². The van der Waals surface area contributed by atoms with E-state index in [4.69, 9.17) is 27.9 Å². The first-order valence-corrected chi connectivity index (χ1v) is 14.5. The molecule has 0 unspecified atom stereocenters. The van der Waals surface area contributed by atoms with Gasteiger partial charge in [-0.15, -0.1) is 10.2 Å². The summed E-state index contributed by atoms with van der Waals surface area (Å²) in [6.45, 7) is 3.63. The van der Waals surface area contributed by atoms with Crippen LogP contribution in [0.3, 0.4) is 0 Å². The predicted octanol–water partition coefficient (Wildman–Crippen LogP) is 3.01. The normalized spacial score (nSPS) is 23.1. The zero-order valence-electron chi connectivity index (χ0n) is 19.5. The van der Waals surface area contributed by atoms with E-state index in [1.54, 1.807) is 18.2 Å². The molecule has 1 aromatic carbocycles. The number of nitrogens with one attached hydrogen (secondary N) is 3. The van der Waals surface area contributed by atoms with E-state index < -0.39 is 22.0 Å². The average Bonchev–Trinajstić information content (AvgIpc) is 3.31. The van der Waals surface area contributed by atoms with Crippen LogP contribution >= 0.6 is 34.5 Å². The van der Waals surface area contributed by atoms with Crippen LogP contribution in [0.4, 0.5) is 9.93 Å². The molecule has 3 amide bonds. The monoisotopic (exact) mass is 577 g/mol. The summed E-state index contributed by atoms with van der Waals surface area (Å²) in [6, 6.07) is 4.45. The van der Waals surface area contributed by atoms with Gasteiger partial charge in [0.2, 0.25) is 11.0 Å². The number of hydrogen-bond donors (Lipinski definition) is 3. The molecule has 15 heteroatoms. The minimum atomic E-state index is -4.27. The van der Waals surface area contributed by atoms with Crippen molar-refractivity contribution < 1.29 is 27.2 Å². The Morgan fingerprint density at radius 1 is 1.11 bits per heavy atom. The van der Waals surface area contributed by atoms with Gasteiger partial charge in [0, 0.05) is 51.8 Å². The molecule has 0 spiro atoms. The maximum absolute atomic E-state index is 13.6. The number of anilines is 1. The summed E-state index contributed by atoms with van der Waals surface area (Å²) in [4.78, 5) is 24.8. The molecule has 3 heterocycles. The van der Waals surface area contributed by atoms with E-state index in [0.29, 0.717) is 53.1 Å². The summed E-state index contributed by atoms with van der Waals surface area (Å²) in [5.41, 5.74) is 0. The highest BCUT2D eigenvalue weighted by Gasteiger charge is 2.49. The Hall–Kier alpha value is -2.03. The van der Waals surface area contributed by atoms with Gasteiger partial charge in [-0.1, -0.05) is 34.5 Å². The molecule has 0 bridgehead atoms. The van der Waals surface area contributed by atoms with Crippen LogP contribution in [0.1, 0.15) is 32.6 Å². The molecular formula is C21H27Cl2N6O5S2+. The largest absolute Gasteiger partial charge is 0.490 e. The molecule has 36 heavy (non-hydrogen) atoms. The first-order valence-electron chi connectivity index (χ1n) is 11.5. The third-order valence-corrected chi connectivity index (χ3v) is 9.71. The molecule has 11 nitrogen and oxygen atoms in total. The highest BCUT2D eigenvalue weighted by atomic mass is 35.5. The third kappa shape index (κ3) is 6.09. The van der Waals surface area contributed by atoms with Crippen LogP contribution < -0.4 is 20.1 Å². The van der Waals surface area contributed by atoms with Crippen molar-refractivity contribution in [3.63, 3.8) is 0 Å². The molecule has 4 rings (SSSR count). The van der Waals surface area contributed by atoms with Crippen LogP contribution in [-0.2, 0) is 14.8 Å². The van der Waals surface area contributed by atoms with Crippen LogP contribution in [0.5, 0.6) is 5.75 Å². The zero-order valence-corrected chi connectivity index (χ0v) is 22.6. The number of carbonyl (C=O) groups is 2. The Balaban J connectivity index is 1.49. The highest BCUT2D eigenvalue weighted by molar-refractivity contribution is 7.92. The summed E-state index contributed by atoms with van der Waals surface area (Å²) in [7, 11) is -4.27. The van der Waals surface area contributed by atoms with Crippen molar-refractivity contribution in [1.82, 2.24) is 20.2 Å². The van der Waals surface area contributed by atoms with E-state index in [-0.39, 0.29) is 26.1 Å². The molecule has 1 aromatic heterocycles. The number of amides is 3. The van der Waals surface area contributed by atoms with E-state index in [1.165, 1.54) is 6.92 Å². The van der Waals surface area contributed by atoms with Crippen molar-refractivity contribution in [3.05, 3.63) is 28.2 Å². The predicted molar refractivity (Wildman–Crippen MR) is 136 cm³/mol. The summed E-state index contributed by atoms with van der Waals surface area (Å²) in [6.07, 6.45) is 2.46. The van der Waals surface area contributed by atoms with Gasteiger partial charge >= 0.3 is 6.03 Å². The Labute approximate surface area is 223 Å². The van der Waals surface area contributed by atoms with Crippen LogP contribution in [0.25, 0.3) is 0 Å².